The lowest BCUT2D eigenvalue weighted by atomic mass is 10.1. The molecule has 188 valence electrons. The molecule has 12 heteroatoms. The summed E-state index contributed by atoms with van der Waals surface area (Å²) in [6, 6.07) is 9.17. The maximum atomic E-state index is 12.6. The minimum atomic E-state index is -4.50. The number of rotatable bonds is 3. The number of benzene rings is 2. The Morgan fingerprint density at radius 2 is 1.34 bits per heavy atom. The molecular weight excluding hydrogens is 482 g/mol. The summed E-state index contributed by atoms with van der Waals surface area (Å²) < 4.78 is 75.0. The van der Waals surface area contributed by atoms with E-state index in [0.29, 0.717) is 25.1 Å². The third kappa shape index (κ3) is 6.11. The number of halogens is 6. The number of carbonyl (C=O) groups excluding carboxylic acids is 2. The summed E-state index contributed by atoms with van der Waals surface area (Å²) in [4.78, 5) is 36.4. The van der Waals surface area contributed by atoms with Crippen LogP contribution < -0.4 is 9.80 Å². The molecule has 2 amide bonds. The summed E-state index contributed by atoms with van der Waals surface area (Å²) in [5, 5.41) is 8.80. The lowest BCUT2D eigenvalue weighted by molar-refractivity contribution is -0.145. The molecule has 35 heavy (non-hydrogen) atoms. The third-order valence-electron chi connectivity index (χ3n) is 5.55. The van der Waals surface area contributed by atoms with Crippen molar-refractivity contribution in [3.63, 3.8) is 0 Å². The second-order valence-corrected chi connectivity index (χ2v) is 7.91. The highest BCUT2D eigenvalue weighted by Gasteiger charge is 2.38. The van der Waals surface area contributed by atoms with Crippen LogP contribution >= 0.6 is 0 Å². The predicted molar refractivity (Wildman–Crippen MR) is 113 cm³/mol. The molecule has 1 N–H and O–H groups in total. The van der Waals surface area contributed by atoms with E-state index in [2.05, 4.69) is 0 Å². The van der Waals surface area contributed by atoms with Gasteiger partial charge in [-0.1, -0.05) is 12.1 Å². The lowest BCUT2D eigenvalue weighted by Crippen LogP contribution is -2.30. The molecule has 2 aliphatic heterocycles. The Labute approximate surface area is 195 Å². The molecule has 4 rings (SSSR count). The van der Waals surface area contributed by atoms with Gasteiger partial charge in [-0.15, -0.1) is 0 Å². The van der Waals surface area contributed by atoms with Gasteiger partial charge in [0.2, 0.25) is 11.8 Å². The molecule has 2 aromatic carbocycles. The molecule has 1 atom stereocenters. The molecule has 0 aromatic heterocycles. The molecular formula is C23H20F6N2O4. The van der Waals surface area contributed by atoms with E-state index in [1.807, 2.05) is 0 Å². The van der Waals surface area contributed by atoms with Gasteiger partial charge in [0.1, 0.15) is 5.92 Å². The first-order valence-corrected chi connectivity index (χ1v) is 10.5. The van der Waals surface area contributed by atoms with E-state index >= 15 is 0 Å². The minimum absolute atomic E-state index is 0.0728. The van der Waals surface area contributed by atoms with E-state index in [1.165, 1.54) is 29.2 Å². The molecule has 1 unspecified atom stereocenters. The first-order chi connectivity index (χ1) is 16.3. The Morgan fingerprint density at radius 1 is 0.829 bits per heavy atom. The number of amides is 2. The van der Waals surface area contributed by atoms with Crippen LogP contribution in [0.5, 0.6) is 0 Å². The third-order valence-corrected chi connectivity index (χ3v) is 5.55. The van der Waals surface area contributed by atoms with Crippen LogP contribution in [-0.4, -0.2) is 36.0 Å². The Kier molecular flexibility index (Phi) is 7.41. The zero-order valence-electron chi connectivity index (χ0n) is 18.1. The first-order valence-electron chi connectivity index (χ1n) is 10.5. The van der Waals surface area contributed by atoms with Crippen molar-refractivity contribution < 1.29 is 45.8 Å². The number of hydrogen-bond acceptors (Lipinski definition) is 3. The SMILES string of the molecule is O=C(O)C1CCN(c2cccc(C(F)(F)F)c2)C1=O.O=C1CCCN1c1cccc(C(F)(F)F)c1. The zero-order chi connectivity index (χ0) is 26.0. The van der Waals surface area contributed by atoms with E-state index in [-0.39, 0.29) is 24.6 Å². The molecule has 0 saturated carbocycles. The van der Waals surface area contributed by atoms with Crippen LogP contribution in [0, 0.1) is 5.92 Å². The van der Waals surface area contributed by atoms with Crippen molar-refractivity contribution in [1.82, 2.24) is 0 Å². The van der Waals surface area contributed by atoms with Gasteiger partial charge in [-0.05, 0) is 49.2 Å². The highest BCUT2D eigenvalue weighted by molar-refractivity contribution is 6.07. The van der Waals surface area contributed by atoms with Crippen molar-refractivity contribution >= 4 is 29.2 Å². The highest BCUT2D eigenvalue weighted by atomic mass is 19.4. The van der Waals surface area contributed by atoms with Gasteiger partial charge < -0.3 is 14.9 Å². The average molecular weight is 502 g/mol. The summed E-state index contributed by atoms with van der Waals surface area (Å²) in [6.07, 6.45) is -7.64. The Bertz CT molecular complexity index is 1120. The van der Waals surface area contributed by atoms with Crippen LogP contribution in [0.25, 0.3) is 0 Å². The largest absolute Gasteiger partial charge is 0.481 e. The van der Waals surface area contributed by atoms with Gasteiger partial charge in [0.25, 0.3) is 0 Å². The van der Waals surface area contributed by atoms with E-state index in [9.17, 15) is 40.7 Å². The van der Waals surface area contributed by atoms with Gasteiger partial charge in [0.05, 0.1) is 11.1 Å². The standard InChI is InChI=1S/C12H10F3NO3.C11H10F3NO/c13-12(14,15)7-2-1-3-8(6-7)16-5-4-9(10(16)17)11(18)19;12-11(13,14)8-3-1-4-9(7-8)15-6-2-5-10(15)16/h1-3,6,9H,4-5H2,(H,18,19);1,3-4,7H,2,5-6H2. The second kappa shape index (κ2) is 9.96. The van der Waals surface area contributed by atoms with Gasteiger partial charge in [0.15, 0.2) is 0 Å². The fourth-order valence-corrected chi connectivity index (χ4v) is 3.79. The van der Waals surface area contributed by atoms with Crippen molar-refractivity contribution in [3.8, 4) is 0 Å². The number of carboxylic acids is 1. The van der Waals surface area contributed by atoms with Crippen molar-refractivity contribution in [2.75, 3.05) is 22.9 Å². The Hall–Kier alpha value is -3.57. The number of carbonyl (C=O) groups is 3. The van der Waals surface area contributed by atoms with E-state index in [4.69, 9.17) is 5.11 Å². The first kappa shape index (κ1) is 26.0. The van der Waals surface area contributed by atoms with Crippen molar-refractivity contribution in [2.24, 2.45) is 5.92 Å². The van der Waals surface area contributed by atoms with Crippen molar-refractivity contribution in [3.05, 3.63) is 59.7 Å². The second-order valence-electron chi connectivity index (χ2n) is 7.91. The summed E-state index contributed by atoms with van der Waals surface area (Å²) in [5.74, 6) is -3.21. The number of hydrogen-bond donors (Lipinski definition) is 1. The van der Waals surface area contributed by atoms with Gasteiger partial charge in [-0.3, -0.25) is 14.4 Å². The van der Waals surface area contributed by atoms with Gasteiger partial charge >= 0.3 is 18.3 Å². The van der Waals surface area contributed by atoms with E-state index in [1.54, 1.807) is 0 Å². The number of carboxylic acid groups (broad SMARTS) is 1. The van der Waals surface area contributed by atoms with Crippen LogP contribution in [0.1, 0.15) is 30.4 Å². The van der Waals surface area contributed by atoms with Crippen LogP contribution in [0.3, 0.4) is 0 Å². The quantitative estimate of drug-likeness (QED) is 0.475. The van der Waals surface area contributed by atoms with Gasteiger partial charge in [-0.25, -0.2) is 0 Å². The van der Waals surface area contributed by atoms with Crippen LogP contribution in [-0.2, 0) is 26.7 Å². The topological polar surface area (TPSA) is 77.9 Å². The van der Waals surface area contributed by atoms with Crippen molar-refractivity contribution in [2.45, 2.75) is 31.6 Å². The highest BCUT2D eigenvalue weighted by Crippen LogP contribution is 2.34. The predicted octanol–water partition coefficient (Wildman–Crippen LogP) is 4.98. The van der Waals surface area contributed by atoms with Gasteiger partial charge in [0, 0.05) is 30.9 Å². The molecule has 0 spiro atoms. The molecule has 0 bridgehead atoms. The fourth-order valence-electron chi connectivity index (χ4n) is 3.79. The number of nitrogens with zero attached hydrogens (tertiary/aromatic N) is 2. The minimum Gasteiger partial charge on any atom is -0.481 e. The van der Waals surface area contributed by atoms with Crippen LogP contribution in [0.2, 0.25) is 0 Å². The number of anilines is 2. The molecule has 2 aliphatic rings. The Balaban J connectivity index is 0.000000198. The summed E-state index contributed by atoms with van der Waals surface area (Å²) in [7, 11) is 0. The number of aliphatic carboxylic acids is 1. The molecule has 2 aromatic rings. The van der Waals surface area contributed by atoms with Crippen LogP contribution in [0.4, 0.5) is 37.7 Å². The Morgan fingerprint density at radius 3 is 1.74 bits per heavy atom. The maximum absolute atomic E-state index is 12.6. The van der Waals surface area contributed by atoms with E-state index in [0.717, 1.165) is 29.2 Å². The zero-order valence-corrected chi connectivity index (χ0v) is 18.1. The molecule has 6 nitrogen and oxygen atoms in total. The van der Waals surface area contributed by atoms with Crippen LogP contribution in [0.15, 0.2) is 48.5 Å². The number of alkyl halides is 6. The smallest absolute Gasteiger partial charge is 0.416 e. The van der Waals surface area contributed by atoms with E-state index < -0.39 is 41.3 Å². The van der Waals surface area contributed by atoms with Crippen molar-refractivity contribution in [1.29, 1.82) is 0 Å². The normalized spacial score (nSPS) is 18.5. The molecule has 2 heterocycles. The average Bonchev–Trinajstić information content (AvgIpc) is 3.38. The molecule has 0 aliphatic carbocycles. The summed E-state index contributed by atoms with van der Waals surface area (Å²) >= 11 is 0. The lowest BCUT2D eigenvalue weighted by Gasteiger charge is -2.17. The maximum Gasteiger partial charge on any atom is 0.416 e. The molecule has 0 radical (unpaired) electrons. The summed E-state index contributed by atoms with van der Waals surface area (Å²) in [5.41, 5.74) is -1.18. The molecule has 2 saturated heterocycles. The fraction of sp³-hybridized carbons (Fsp3) is 0.348. The monoisotopic (exact) mass is 502 g/mol. The molecule has 2 fully saturated rings. The van der Waals surface area contributed by atoms with Gasteiger partial charge in [-0.2, -0.15) is 26.3 Å². The summed E-state index contributed by atoms with van der Waals surface area (Å²) in [6.45, 7) is 0.608.